The molecule has 1 unspecified atom stereocenters. The quantitative estimate of drug-likeness (QED) is 0.862. The van der Waals surface area contributed by atoms with Crippen LogP contribution in [0.2, 0.25) is 0 Å². The molecule has 1 aromatic rings. The van der Waals surface area contributed by atoms with Gasteiger partial charge in [-0.1, -0.05) is 12.8 Å². The van der Waals surface area contributed by atoms with E-state index in [1.807, 2.05) is 0 Å². The van der Waals surface area contributed by atoms with E-state index in [0.29, 0.717) is 0 Å². The molecule has 1 aromatic heterocycles. The van der Waals surface area contributed by atoms with Crippen LogP contribution >= 0.6 is 27.3 Å². The van der Waals surface area contributed by atoms with Gasteiger partial charge in [-0.25, -0.2) is 0 Å². The van der Waals surface area contributed by atoms with E-state index in [-0.39, 0.29) is 6.04 Å². The summed E-state index contributed by atoms with van der Waals surface area (Å²) in [6.45, 7) is 0. The van der Waals surface area contributed by atoms with Gasteiger partial charge in [0.2, 0.25) is 0 Å². The highest BCUT2D eigenvalue weighted by Gasteiger charge is 2.23. The average molecular weight is 260 g/mol. The second kappa shape index (κ2) is 4.11. The van der Waals surface area contributed by atoms with Gasteiger partial charge in [-0.3, -0.25) is 0 Å². The van der Waals surface area contributed by atoms with E-state index in [2.05, 4.69) is 27.4 Å². The minimum atomic E-state index is 0.277. The Labute approximate surface area is 91.5 Å². The Hall–Kier alpha value is 0.140. The zero-order chi connectivity index (χ0) is 9.26. The van der Waals surface area contributed by atoms with Gasteiger partial charge in [0.15, 0.2) is 0 Å². The van der Waals surface area contributed by atoms with Crippen LogP contribution in [0.15, 0.2) is 15.9 Å². The zero-order valence-corrected chi connectivity index (χ0v) is 9.90. The molecule has 0 radical (unpaired) electrons. The van der Waals surface area contributed by atoms with E-state index >= 15 is 0 Å². The van der Waals surface area contributed by atoms with Crippen molar-refractivity contribution in [2.75, 3.05) is 0 Å². The van der Waals surface area contributed by atoms with E-state index in [4.69, 9.17) is 5.73 Å². The van der Waals surface area contributed by atoms with Crippen LogP contribution in [0, 0.1) is 5.92 Å². The first-order valence-electron chi connectivity index (χ1n) is 4.77. The van der Waals surface area contributed by atoms with E-state index in [1.54, 1.807) is 11.3 Å². The molecule has 0 spiro atoms. The summed E-state index contributed by atoms with van der Waals surface area (Å²) in [5.74, 6) is 0.727. The second-order valence-electron chi connectivity index (χ2n) is 3.74. The van der Waals surface area contributed by atoms with Gasteiger partial charge in [0.1, 0.15) is 0 Å². The summed E-state index contributed by atoms with van der Waals surface area (Å²) in [6, 6.07) is 2.44. The van der Waals surface area contributed by atoms with Gasteiger partial charge in [-0.15, -0.1) is 11.3 Å². The molecule has 0 bridgehead atoms. The molecule has 2 rings (SSSR count). The zero-order valence-electron chi connectivity index (χ0n) is 7.50. The van der Waals surface area contributed by atoms with Crippen molar-refractivity contribution in [3.8, 4) is 0 Å². The monoisotopic (exact) mass is 259 g/mol. The minimum absolute atomic E-state index is 0.277. The van der Waals surface area contributed by atoms with Crippen molar-refractivity contribution < 1.29 is 0 Å². The molecule has 1 aliphatic rings. The Morgan fingerprint density at radius 1 is 1.46 bits per heavy atom. The Balaban J connectivity index is 2.07. The van der Waals surface area contributed by atoms with Crippen molar-refractivity contribution in [1.82, 2.24) is 0 Å². The molecule has 13 heavy (non-hydrogen) atoms. The molecular formula is C10H14BrNS. The van der Waals surface area contributed by atoms with Crippen molar-refractivity contribution in [3.63, 3.8) is 0 Å². The summed E-state index contributed by atoms with van der Waals surface area (Å²) >= 11 is 5.24. The molecule has 72 valence electrons. The number of rotatable bonds is 2. The standard InChI is InChI=1S/C10H14BrNS/c11-8-5-9(13-6-8)10(12)7-3-1-2-4-7/h5-7,10H,1-4,12H2. The van der Waals surface area contributed by atoms with Crippen molar-refractivity contribution in [3.05, 3.63) is 20.8 Å². The first-order valence-corrected chi connectivity index (χ1v) is 6.44. The molecule has 1 atom stereocenters. The van der Waals surface area contributed by atoms with Crippen LogP contribution < -0.4 is 5.73 Å². The Bertz CT molecular complexity index is 278. The fourth-order valence-electron chi connectivity index (χ4n) is 2.05. The molecule has 1 aliphatic carbocycles. The van der Waals surface area contributed by atoms with Gasteiger partial charge in [-0.2, -0.15) is 0 Å². The predicted octanol–water partition coefficient (Wildman–Crippen LogP) is 3.70. The van der Waals surface area contributed by atoms with Crippen molar-refractivity contribution >= 4 is 27.3 Å². The van der Waals surface area contributed by atoms with Gasteiger partial charge in [0.25, 0.3) is 0 Å². The maximum atomic E-state index is 6.20. The maximum absolute atomic E-state index is 6.20. The van der Waals surface area contributed by atoms with Crippen LogP contribution in [0.3, 0.4) is 0 Å². The number of hydrogen-bond donors (Lipinski definition) is 1. The van der Waals surface area contributed by atoms with Crippen molar-refractivity contribution in [2.24, 2.45) is 11.7 Å². The minimum Gasteiger partial charge on any atom is -0.323 e. The Kier molecular flexibility index (Phi) is 3.06. The van der Waals surface area contributed by atoms with Crippen molar-refractivity contribution in [1.29, 1.82) is 0 Å². The van der Waals surface area contributed by atoms with E-state index in [9.17, 15) is 0 Å². The van der Waals surface area contributed by atoms with E-state index in [0.717, 1.165) is 5.92 Å². The molecule has 1 heterocycles. The normalized spacial score (nSPS) is 20.8. The molecule has 1 nitrogen and oxygen atoms in total. The second-order valence-corrected chi connectivity index (χ2v) is 5.60. The largest absolute Gasteiger partial charge is 0.323 e. The van der Waals surface area contributed by atoms with E-state index in [1.165, 1.54) is 35.0 Å². The van der Waals surface area contributed by atoms with Crippen LogP contribution in [0.5, 0.6) is 0 Å². The topological polar surface area (TPSA) is 26.0 Å². The number of thiophene rings is 1. The molecule has 0 amide bonds. The highest BCUT2D eigenvalue weighted by atomic mass is 79.9. The summed E-state index contributed by atoms with van der Waals surface area (Å²) in [6.07, 6.45) is 5.36. The van der Waals surface area contributed by atoms with Crippen LogP contribution in [-0.2, 0) is 0 Å². The molecule has 0 aromatic carbocycles. The van der Waals surface area contributed by atoms with Gasteiger partial charge < -0.3 is 5.73 Å². The third-order valence-electron chi connectivity index (χ3n) is 2.82. The fourth-order valence-corrected chi connectivity index (χ4v) is 3.59. The third kappa shape index (κ3) is 2.14. The lowest BCUT2D eigenvalue weighted by molar-refractivity contribution is 0.450. The average Bonchev–Trinajstić information content (AvgIpc) is 2.72. The van der Waals surface area contributed by atoms with Crippen LogP contribution in [0.1, 0.15) is 36.6 Å². The Morgan fingerprint density at radius 2 is 2.15 bits per heavy atom. The SMILES string of the molecule is NC(c1cc(Br)cs1)C1CCCC1. The van der Waals surface area contributed by atoms with Gasteiger partial charge in [0.05, 0.1) is 0 Å². The first kappa shape index (κ1) is 9.69. The first-order chi connectivity index (χ1) is 6.27. The van der Waals surface area contributed by atoms with Gasteiger partial charge >= 0.3 is 0 Å². The van der Waals surface area contributed by atoms with Gasteiger partial charge in [-0.05, 0) is 40.8 Å². The summed E-state index contributed by atoms with van der Waals surface area (Å²) < 4.78 is 1.17. The van der Waals surface area contributed by atoms with Crippen LogP contribution in [0.4, 0.5) is 0 Å². The molecule has 1 fully saturated rings. The van der Waals surface area contributed by atoms with Crippen LogP contribution in [-0.4, -0.2) is 0 Å². The molecule has 0 saturated heterocycles. The summed E-state index contributed by atoms with van der Waals surface area (Å²) in [5.41, 5.74) is 6.20. The lowest BCUT2D eigenvalue weighted by Crippen LogP contribution is -2.17. The number of halogens is 1. The van der Waals surface area contributed by atoms with Crippen LogP contribution in [0.25, 0.3) is 0 Å². The number of nitrogens with two attached hydrogens (primary N) is 1. The summed E-state index contributed by atoms with van der Waals surface area (Å²) in [5, 5.41) is 2.12. The predicted molar refractivity (Wildman–Crippen MR) is 60.9 cm³/mol. The van der Waals surface area contributed by atoms with Crippen molar-refractivity contribution in [2.45, 2.75) is 31.7 Å². The maximum Gasteiger partial charge on any atom is 0.0418 e. The summed E-state index contributed by atoms with van der Waals surface area (Å²) in [7, 11) is 0. The fraction of sp³-hybridized carbons (Fsp3) is 0.600. The molecule has 1 saturated carbocycles. The van der Waals surface area contributed by atoms with E-state index < -0.39 is 0 Å². The molecule has 0 aliphatic heterocycles. The summed E-state index contributed by atoms with van der Waals surface area (Å²) in [4.78, 5) is 1.33. The lowest BCUT2D eigenvalue weighted by Gasteiger charge is -2.16. The molecule has 3 heteroatoms. The highest BCUT2D eigenvalue weighted by Crippen LogP contribution is 2.36. The lowest BCUT2D eigenvalue weighted by atomic mass is 9.98. The molecule has 2 N–H and O–H groups in total. The smallest absolute Gasteiger partial charge is 0.0418 e. The number of hydrogen-bond acceptors (Lipinski definition) is 2. The highest BCUT2D eigenvalue weighted by molar-refractivity contribution is 9.10. The Morgan fingerprint density at radius 3 is 2.69 bits per heavy atom. The molecular weight excluding hydrogens is 246 g/mol. The van der Waals surface area contributed by atoms with Gasteiger partial charge in [0, 0.05) is 20.8 Å². The third-order valence-corrected chi connectivity index (χ3v) is 4.62.